The Morgan fingerprint density at radius 2 is 1.59 bits per heavy atom. The van der Waals surface area contributed by atoms with Gasteiger partial charge in [0.1, 0.15) is 5.82 Å². The van der Waals surface area contributed by atoms with E-state index >= 15 is 0 Å². The first-order valence-corrected chi connectivity index (χ1v) is 10.0. The van der Waals surface area contributed by atoms with Crippen molar-refractivity contribution in [3.63, 3.8) is 0 Å². The predicted octanol–water partition coefficient (Wildman–Crippen LogP) is 4.24. The van der Waals surface area contributed by atoms with E-state index in [9.17, 15) is 9.18 Å². The molecule has 4 nitrogen and oxygen atoms in total. The van der Waals surface area contributed by atoms with Crippen molar-refractivity contribution in [2.24, 2.45) is 0 Å². The number of hydrogen-bond acceptors (Lipinski definition) is 3. The summed E-state index contributed by atoms with van der Waals surface area (Å²) in [6.45, 7) is 7.36. The molecule has 0 aliphatic carbocycles. The van der Waals surface area contributed by atoms with Crippen molar-refractivity contribution in [1.82, 2.24) is 9.47 Å². The highest BCUT2D eigenvalue weighted by Gasteiger charge is 2.23. The molecular weight excluding hydrogens is 365 g/mol. The largest absolute Gasteiger partial charge is 0.367 e. The number of aryl methyl sites for hydroxylation is 1. The predicted molar refractivity (Wildman–Crippen MR) is 115 cm³/mol. The standard InChI is InChI=1S/C24H26FN3O/c1-18-16-21(19(2)28(18)20-8-4-3-5-9-20)24(29)17-26-12-14-27(15-13-26)23-11-7-6-10-22(23)25/h3-11,16H,12-15,17H2,1-2H3. The molecular formula is C24H26FN3O. The summed E-state index contributed by atoms with van der Waals surface area (Å²) in [6, 6.07) is 19.0. The summed E-state index contributed by atoms with van der Waals surface area (Å²) in [6.07, 6.45) is 0. The van der Waals surface area contributed by atoms with Gasteiger partial charge in [0, 0.05) is 48.8 Å². The second kappa shape index (κ2) is 8.21. The molecule has 0 amide bonds. The minimum absolute atomic E-state index is 0.139. The van der Waals surface area contributed by atoms with Gasteiger partial charge in [-0.3, -0.25) is 9.69 Å². The van der Waals surface area contributed by atoms with Gasteiger partial charge < -0.3 is 9.47 Å². The van der Waals surface area contributed by atoms with Crippen LogP contribution in [-0.2, 0) is 0 Å². The maximum atomic E-state index is 14.0. The van der Waals surface area contributed by atoms with Crippen molar-refractivity contribution in [2.75, 3.05) is 37.6 Å². The molecule has 1 saturated heterocycles. The van der Waals surface area contributed by atoms with Crippen molar-refractivity contribution < 1.29 is 9.18 Å². The SMILES string of the molecule is Cc1cc(C(=O)CN2CCN(c3ccccc3F)CC2)c(C)n1-c1ccccc1. The molecule has 1 aliphatic heterocycles. The van der Waals surface area contributed by atoms with Gasteiger partial charge in [-0.05, 0) is 44.2 Å². The number of aromatic nitrogens is 1. The molecule has 3 aromatic rings. The Morgan fingerprint density at radius 1 is 0.931 bits per heavy atom. The number of Topliss-reactive ketones (excluding diaryl/α,β-unsaturated/α-hetero) is 1. The van der Waals surface area contributed by atoms with Crippen LogP contribution in [0.15, 0.2) is 60.7 Å². The smallest absolute Gasteiger partial charge is 0.178 e. The number of ketones is 1. The van der Waals surface area contributed by atoms with Crippen LogP contribution in [0.1, 0.15) is 21.7 Å². The zero-order valence-corrected chi connectivity index (χ0v) is 16.9. The number of benzene rings is 2. The summed E-state index contributed by atoms with van der Waals surface area (Å²) in [5.74, 6) is -0.0509. The highest BCUT2D eigenvalue weighted by atomic mass is 19.1. The molecule has 2 heterocycles. The van der Waals surface area contributed by atoms with E-state index in [4.69, 9.17) is 0 Å². The van der Waals surface area contributed by atoms with Crippen molar-refractivity contribution in [2.45, 2.75) is 13.8 Å². The van der Waals surface area contributed by atoms with Gasteiger partial charge in [0.2, 0.25) is 0 Å². The molecule has 0 saturated carbocycles. The molecule has 0 atom stereocenters. The molecule has 4 rings (SSSR count). The van der Waals surface area contributed by atoms with Crippen molar-refractivity contribution in [3.8, 4) is 5.69 Å². The molecule has 1 fully saturated rings. The summed E-state index contributed by atoms with van der Waals surface area (Å²) in [7, 11) is 0. The van der Waals surface area contributed by atoms with E-state index in [2.05, 4.69) is 26.5 Å². The van der Waals surface area contributed by atoms with Crippen LogP contribution in [-0.4, -0.2) is 48.0 Å². The molecule has 1 aliphatic rings. The Bertz CT molecular complexity index is 1000. The van der Waals surface area contributed by atoms with Crippen LogP contribution in [0.3, 0.4) is 0 Å². The van der Waals surface area contributed by atoms with E-state index in [0.29, 0.717) is 12.2 Å². The van der Waals surface area contributed by atoms with E-state index in [1.807, 2.05) is 50.2 Å². The Labute approximate surface area is 171 Å². The van der Waals surface area contributed by atoms with Crippen LogP contribution in [0.5, 0.6) is 0 Å². The summed E-state index contributed by atoms with van der Waals surface area (Å²) in [4.78, 5) is 17.2. The molecule has 0 N–H and O–H groups in total. The average molecular weight is 391 g/mol. The first-order valence-electron chi connectivity index (χ1n) is 10.0. The number of carbonyl (C=O) groups is 1. The van der Waals surface area contributed by atoms with Gasteiger partial charge in [0.15, 0.2) is 5.78 Å². The van der Waals surface area contributed by atoms with E-state index in [0.717, 1.165) is 48.8 Å². The Morgan fingerprint density at radius 3 is 2.28 bits per heavy atom. The van der Waals surface area contributed by atoms with Gasteiger partial charge in [-0.2, -0.15) is 0 Å². The van der Waals surface area contributed by atoms with Crippen LogP contribution >= 0.6 is 0 Å². The lowest BCUT2D eigenvalue weighted by molar-refractivity contribution is 0.0925. The Kier molecular flexibility index (Phi) is 5.49. The normalized spacial score (nSPS) is 14.9. The minimum Gasteiger partial charge on any atom is -0.367 e. The highest BCUT2D eigenvalue weighted by Crippen LogP contribution is 2.23. The van der Waals surface area contributed by atoms with Crippen molar-refractivity contribution in [1.29, 1.82) is 0 Å². The number of hydrogen-bond donors (Lipinski definition) is 0. The number of halogens is 1. The fraction of sp³-hybridized carbons (Fsp3) is 0.292. The van der Waals surface area contributed by atoms with Gasteiger partial charge in [-0.15, -0.1) is 0 Å². The van der Waals surface area contributed by atoms with Gasteiger partial charge in [0.25, 0.3) is 0 Å². The Hall–Kier alpha value is -2.92. The first kappa shape index (κ1) is 19.4. The van der Waals surface area contributed by atoms with Gasteiger partial charge in [-0.25, -0.2) is 4.39 Å². The topological polar surface area (TPSA) is 28.5 Å². The second-order valence-corrected chi connectivity index (χ2v) is 7.59. The minimum atomic E-state index is -0.189. The summed E-state index contributed by atoms with van der Waals surface area (Å²) in [5.41, 5.74) is 4.53. The molecule has 29 heavy (non-hydrogen) atoms. The van der Waals surface area contributed by atoms with E-state index in [1.54, 1.807) is 6.07 Å². The van der Waals surface area contributed by atoms with Crippen LogP contribution in [0.25, 0.3) is 5.69 Å². The third-order valence-electron chi connectivity index (χ3n) is 5.68. The number of anilines is 1. The van der Waals surface area contributed by atoms with Crippen LogP contribution < -0.4 is 4.90 Å². The van der Waals surface area contributed by atoms with E-state index in [-0.39, 0.29) is 11.6 Å². The highest BCUT2D eigenvalue weighted by molar-refractivity contribution is 5.99. The third kappa shape index (κ3) is 3.96. The third-order valence-corrected chi connectivity index (χ3v) is 5.68. The zero-order chi connectivity index (χ0) is 20.4. The first-order chi connectivity index (χ1) is 14.0. The molecule has 1 aromatic heterocycles. The fourth-order valence-corrected chi connectivity index (χ4v) is 4.16. The quantitative estimate of drug-likeness (QED) is 0.609. The molecule has 0 spiro atoms. The maximum Gasteiger partial charge on any atom is 0.178 e. The van der Waals surface area contributed by atoms with Crippen LogP contribution in [0.4, 0.5) is 10.1 Å². The molecule has 150 valence electrons. The van der Waals surface area contributed by atoms with Gasteiger partial charge >= 0.3 is 0 Å². The van der Waals surface area contributed by atoms with E-state index in [1.165, 1.54) is 6.07 Å². The zero-order valence-electron chi connectivity index (χ0n) is 16.9. The van der Waals surface area contributed by atoms with Crippen LogP contribution in [0, 0.1) is 19.7 Å². The molecule has 0 bridgehead atoms. The lowest BCUT2D eigenvalue weighted by Crippen LogP contribution is -2.48. The lowest BCUT2D eigenvalue weighted by Gasteiger charge is -2.35. The van der Waals surface area contributed by atoms with Crippen molar-refractivity contribution in [3.05, 3.63) is 83.4 Å². The molecule has 0 unspecified atom stereocenters. The van der Waals surface area contributed by atoms with Gasteiger partial charge in [0.05, 0.1) is 12.2 Å². The number of rotatable bonds is 5. The molecule has 2 aromatic carbocycles. The molecule has 5 heteroatoms. The number of piperazine rings is 1. The Balaban J connectivity index is 1.43. The number of carbonyl (C=O) groups excluding carboxylic acids is 1. The maximum absolute atomic E-state index is 14.0. The van der Waals surface area contributed by atoms with Gasteiger partial charge in [-0.1, -0.05) is 30.3 Å². The summed E-state index contributed by atoms with van der Waals surface area (Å²) in [5, 5.41) is 0. The monoisotopic (exact) mass is 391 g/mol. The summed E-state index contributed by atoms with van der Waals surface area (Å²) >= 11 is 0. The number of para-hydroxylation sites is 2. The van der Waals surface area contributed by atoms with E-state index < -0.39 is 0 Å². The average Bonchev–Trinajstić information content (AvgIpc) is 3.04. The molecule has 0 radical (unpaired) electrons. The van der Waals surface area contributed by atoms with Crippen LogP contribution in [0.2, 0.25) is 0 Å². The summed E-state index contributed by atoms with van der Waals surface area (Å²) < 4.78 is 16.1. The fourth-order valence-electron chi connectivity index (χ4n) is 4.16. The number of nitrogens with zero attached hydrogens (tertiary/aromatic N) is 3. The lowest BCUT2D eigenvalue weighted by atomic mass is 10.1. The second-order valence-electron chi connectivity index (χ2n) is 7.59. The van der Waals surface area contributed by atoms with Crippen molar-refractivity contribution >= 4 is 11.5 Å².